The zero-order valence-electron chi connectivity index (χ0n) is 8.90. The third-order valence-corrected chi connectivity index (χ3v) is 3.38. The van der Waals surface area contributed by atoms with Gasteiger partial charge >= 0.3 is 0 Å². The Bertz CT molecular complexity index is 508. The highest BCUT2D eigenvalue weighted by Gasteiger charge is 2.23. The summed E-state index contributed by atoms with van der Waals surface area (Å²) in [5.41, 5.74) is 3.65. The van der Waals surface area contributed by atoms with Gasteiger partial charge in [-0.15, -0.1) is 0 Å². The van der Waals surface area contributed by atoms with Crippen LogP contribution in [-0.4, -0.2) is 9.67 Å². The van der Waals surface area contributed by atoms with Crippen LogP contribution in [0.1, 0.15) is 30.0 Å². The minimum Gasteiger partial charge on any atom is -0.390 e. The molecule has 0 aliphatic heterocycles. The summed E-state index contributed by atoms with van der Waals surface area (Å²) in [4.78, 5) is 0. The second-order valence-corrected chi connectivity index (χ2v) is 4.45. The molecule has 15 heavy (non-hydrogen) atoms. The van der Waals surface area contributed by atoms with Gasteiger partial charge in [-0.05, 0) is 42.5 Å². The number of hydrogen-bond donors (Lipinski definition) is 1. The molecule has 2 heteroatoms. The van der Waals surface area contributed by atoms with E-state index in [0.717, 1.165) is 11.6 Å². The number of aliphatic hydroxyl groups is 1. The lowest BCUT2D eigenvalue weighted by Crippen LogP contribution is -1.94. The molecule has 1 saturated carbocycles. The van der Waals surface area contributed by atoms with Crippen molar-refractivity contribution in [1.82, 2.24) is 4.57 Å². The quantitative estimate of drug-likeness (QED) is 0.793. The molecule has 1 aromatic carbocycles. The molecule has 1 aliphatic carbocycles. The normalized spacial score (nSPS) is 16.1. The average molecular weight is 201 g/mol. The first-order valence-corrected chi connectivity index (χ1v) is 5.48. The average Bonchev–Trinajstić information content (AvgIpc) is 3.05. The lowest BCUT2D eigenvalue weighted by molar-refractivity contribution is 0.273. The lowest BCUT2D eigenvalue weighted by Gasteiger charge is -2.01. The Kier molecular flexibility index (Phi) is 1.86. The molecule has 2 nitrogen and oxygen atoms in total. The van der Waals surface area contributed by atoms with E-state index in [0.29, 0.717) is 0 Å². The van der Waals surface area contributed by atoms with Gasteiger partial charge in [-0.1, -0.05) is 6.07 Å². The van der Waals surface area contributed by atoms with E-state index in [1.165, 1.54) is 29.3 Å². The molecule has 2 aromatic rings. The van der Waals surface area contributed by atoms with E-state index in [1.54, 1.807) is 0 Å². The molecule has 1 aromatic heterocycles. The molecule has 0 atom stereocenters. The van der Waals surface area contributed by atoms with Crippen molar-refractivity contribution in [1.29, 1.82) is 0 Å². The van der Waals surface area contributed by atoms with E-state index >= 15 is 0 Å². The maximum Gasteiger partial charge on any atom is 0.0833 e. The summed E-state index contributed by atoms with van der Waals surface area (Å²) in [6, 6.07) is 8.75. The molecule has 0 radical (unpaired) electrons. The summed E-state index contributed by atoms with van der Waals surface area (Å²) in [5, 5.41) is 10.4. The van der Waals surface area contributed by atoms with E-state index in [1.807, 2.05) is 7.05 Å². The predicted molar refractivity (Wildman–Crippen MR) is 60.8 cm³/mol. The van der Waals surface area contributed by atoms with Gasteiger partial charge in [0.15, 0.2) is 0 Å². The smallest absolute Gasteiger partial charge is 0.0833 e. The Hall–Kier alpha value is -1.28. The van der Waals surface area contributed by atoms with Gasteiger partial charge in [-0.3, -0.25) is 0 Å². The van der Waals surface area contributed by atoms with E-state index in [4.69, 9.17) is 0 Å². The minimum absolute atomic E-state index is 0.115. The molecule has 1 N–H and O–H groups in total. The number of rotatable bonds is 2. The highest BCUT2D eigenvalue weighted by Crippen LogP contribution is 2.41. The number of hydrogen-bond acceptors (Lipinski definition) is 1. The van der Waals surface area contributed by atoms with Crippen molar-refractivity contribution >= 4 is 10.9 Å². The van der Waals surface area contributed by atoms with Crippen LogP contribution < -0.4 is 0 Å². The number of aromatic nitrogens is 1. The third kappa shape index (κ3) is 1.37. The van der Waals surface area contributed by atoms with E-state index in [-0.39, 0.29) is 6.61 Å². The van der Waals surface area contributed by atoms with Crippen molar-refractivity contribution in [2.45, 2.75) is 25.4 Å². The van der Waals surface area contributed by atoms with Crippen LogP contribution in [0.3, 0.4) is 0 Å². The molecule has 3 rings (SSSR count). The number of fused-ring (bicyclic) bond motifs is 1. The highest BCUT2D eigenvalue weighted by molar-refractivity contribution is 5.82. The Morgan fingerprint density at radius 1 is 1.33 bits per heavy atom. The first-order chi connectivity index (χ1) is 7.29. The summed E-state index contributed by atoms with van der Waals surface area (Å²) in [6.07, 6.45) is 2.68. The predicted octanol–water partition coefficient (Wildman–Crippen LogP) is 2.55. The van der Waals surface area contributed by atoms with Crippen LogP contribution in [0.4, 0.5) is 0 Å². The molecular weight excluding hydrogens is 186 g/mol. The van der Waals surface area contributed by atoms with Gasteiger partial charge < -0.3 is 9.67 Å². The van der Waals surface area contributed by atoms with Crippen molar-refractivity contribution in [3.05, 3.63) is 35.5 Å². The monoisotopic (exact) mass is 201 g/mol. The molecule has 1 aliphatic rings. The second kappa shape index (κ2) is 3.11. The number of benzene rings is 1. The first-order valence-electron chi connectivity index (χ1n) is 5.48. The van der Waals surface area contributed by atoms with E-state index in [9.17, 15) is 5.11 Å². The third-order valence-electron chi connectivity index (χ3n) is 3.38. The van der Waals surface area contributed by atoms with Gasteiger partial charge in [0.1, 0.15) is 0 Å². The summed E-state index contributed by atoms with van der Waals surface area (Å²) in [5.74, 6) is 0.798. The van der Waals surface area contributed by atoms with Crippen molar-refractivity contribution in [2.24, 2.45) is 7.05 Å². The Morgan fingerprint density at radius 3 is 2.80 bits per heavy atom. The fourth-order valence-corrected chi connectivity index (χ4v) is 2.25. The molecule has 1 fully saturated rings. The molecular formula is C13H15NO. The largest absolute Gasteiger partial charge is 0.390 e. The van der Waals surface area contributed by atoms with Gasteiger partial charge in [-0.25, -0.2) is 0 Å². The minimum atomic E-state index is 0.115. The van der Waals surface area contributed by atoms with Crippen LogP contribution in [-0.2, 0) is 13.7 Å². The van der Waals surface area contributed by atoms with Gasteiger partial charge in [0.2, 0.25) is 0 Å². The van der Waals surface area contributed by atoms with Crippen LogP contribution >= 0.6 is 0 Å². The van der Waals surface area contributed by atoms with Crippen molar-refractivity contribution in [2.75, 3.05) is 0 Å². The second-order valence-electron chi connectivity index (χ2n) is 4.45. The zero-order valence-corrected chi connectivity index (χ0v) is 8.90. The topological polar surface area (TPSA) is 25.2 Å². The van der Waals surface area contributed by atoms with Crippen LogP contribution in [0.15, 0.2) is 24.3 Å². The first kappa shape index (κ1) is 8.98. The maximum absolute atomic E-state index is 9.19. The maximum atomic E-state index is 9.19. The van der Waals surface area contributed by atoms with Gasteiger partial charge in [0, 0.05) is 23.6 Å². The summed E-state index contributed by atoms with van der Waals surface area (Å²) in [7, 11) is 2.00. The molecule has 0 spiro atoms. The molecule has 0 amide bonds. The number of nitrogens with zero attached hydrogens (tertiary/aromatic N) is 1. The van der Waals surface area contributed by atoms with Gasteiger partial charge in [0.05, 0.1) is 6.61 Å². The number of aryl methyl sites for hydroxylation is 1. The lowest BCUT2D eigenvalue weighted by atomic mass is 10.1. The molecule has 78 valence electrons. The van der Waals surface area contributed by atoms with Crippen molar-refractivity contribution in [3.63, 3.8) is 0 Å². The number of aliphatic hydroxyl groups excluding tert-OH is 1. The van der Waals surface area contributed by atoms with Crippen molar-refractivity contribution < 1.29 is 5.11 Å². The summed E-state index contributed by atoms with van der Waals surface area (Å²) >= 11 is 0. The van der Waals surface area contributed by atoms with Gasteiger partial charge in [0.25, 0.3) is 0 Å². The fraction of sp³-hybridized carbons (Fsp3) is 0.385. The summed E-state index contributed by atoms with van der Waals surface area (Å²) < 4.78 is 2.06. The SMILES string of the molecule is Cn1c(CO)cc2cc(C3CC3)ccc21. The fourth-order valence-electron chi connectivity index (χ4n) is 2.25. The highest BCUT2D eigenvalue weighted by atomic mass is 16.3. The van der Waals surface area contributed by atoms with Crippen LogP contribution in [0.5, 0.6) is 0 Å². The van der Waals surface area contributed by atoms with Crippen molar-refractivity contribution in [3.8, 4) is 0 Å². The Morgan fingerprint density at radius 2 is 2.13 bits per heavy atom. The van der Waals surface area contributed by atoms with E-state index < -0.39 is 0 Å². The Balaban J connectivity index is 2.18. The van der Waals surface area contributed by atoms with Crippen LogP contribution in [0.25, 0.3) is 10.9 Å². The Labute approximate surface area is 89.1 Å². The van der Waals surface area contributed by atoms with Gasteiger partial charge in [-0.2, -0.15) is 0 Å². The summed E-state index contributed by atoms with van der Waals surface area (Å²) in [6.45, 7) is 0.115. The van der Waals surface area contributed by atoms with Crippen LogP contribution in [0.2, 0.25) is 0 Å². The standard InChI is InChI=1S/C13H15NO/c1-14-12(8-15)7-11-6-10(9-2-3-9)4-5-13(11)14/h4-7,9,15H,2-3,8H2,1H3. The molecule has 1 heterocycles. The molecule has 0 bridgehead atoms. The van der Waals surface area contributed by atoms with E-state index in [2.05, 4.69) is 28.8 Å². The molecule has 0 unspecified atom stereocenters. The van der Waals surface area contributed by atoms with Crippen LogP contribution in [0, 0.1) is 0 Å². The zero-order chi connectivity index (χ0) is 10.4. The molecule has 0 saturated heterocycles.